The Morgan fingerprint density at radius 2 is 2.11 bits per heavy atom. The molecule has 1 N–H and O–H groups in total. The maximum absolute atomic E-state index is 13.8. The first kappa shape index (κ1) is 13.7. The van der Waals surface area contributed by atoms with Gasteiger partial charge in [-0.05, 0) is 24.6 Å². The first-order valence-electron chi connectivity index (χ1n) is 6.50. The van der Waals surface area contributed by atoms with Gasteiger partial charge in [-0.3, -0.25) is 4.68 Å². The summed E-state index contributed by atoms with van der Waals surface area (Å²) >= 11 is 0. The van der Waals surface area contributed by atoms with Crippen molar-refractivity contribution in [1.29, 1.82) is 0 Å². The molecule has 0 radical (unpaired) electrons. The molecule has 0 aliphatic carbocycles. The van der Waals surface area contributed by atoms with Crippen LogP contribution in [0.1, 0.15) is 25.1 Å². The molecule has 0 saturated carbocycles. The fraction of sp³-hybridized carbons (Fsp3) is 0.400. The monoisotopic (exact) mass is 261 g/mol. The molecular weight excluding hydrogens is 241 g/mol. The quantitative estimate of drug-likeness (QED) is 0.916. The summed E-state index contributed by atoms with van der Waals surface area (Å²) in [4.78, 5) is 0. The van der Waals surface area contributed by atoms with Crippen LogP contribution in [-0.2, 0) is 13.6 Å². The minimum Gasteiger partial charge on any atom is -0.310 e. The minimum absolute atomic E-state index is 0.168. The SMILES string of the molecule is Cc1nn(C)cc1-c1ccc(F)c(CNC(C)C)c1. The number of halogens is 1. The van der Waals surface area contributed by atoms with Gasteiger partial charge in [0.15, 0.2) is 0 Å². The Morgan fingerprint density at radius 1 is 1.37 bits per heavy atom. The van der Waals surface area contributed by atoms with E-state index in [1.54, 1.807) is 10.7 Å². The van der Waals surface area contributed by atoms with E-state index in [9.17, 15) is 4.39 Å². The normalized spacial score (nSPS) is 11.3. The van der Waals surface area contributed by atoms with Crippen LogP contribution in [0.25, 0.3) is 11.1 Å². The molecule has 4 heteroatoms. The number of hydrogen-bond acceptors (Lipinski definition) is 2. The van der Waals surface area contributed by atoms with Gasteiger partial charge in [-0.2, -0.15) is 5.10 Å². The van der Waals surface area contributed by atoms with Crippen LogP contribution in [0.5, 0.6) is 0 Å². The van der Waals surface area contributed by atoms with Crippen LogP contribution in [0, 0.1) is 12.7 Å². The van der Waals surface area contributed by atoms with Gasteiger partial charge in [-0.15, -0.1) is 0 Å². The minimum atomic E-state index is -0.168. The zero-order valence-corrected chi connectivity index (χ0v) is 11.9. The van der Waals surface area contributed by atoms with E-state index in [0.717, 1.165) is 16.8 Å². The number of nitrogens with one attached hydrogen (secondary N) is 1. The second kappa shape index (κ2) is 5.53. The molecule has 3 nitrogen and oxygen atoms in total. The predicted molar refractivity (Wildman–Crippen MR) is 75.3 cm³/mol. The van der Waals surface area contributed by atoms with Gasteiger partial charge in [0.2, 0.25) is 0 Å². The van der Waals surface area contributed by atoms with E-state index in [4.69, 9.17) is 0 Å². The summed E-state index contributed by atoms with van der Waals surface area (Å²) in [5.74, 6) is -0.168. The fourth-order valence-electron chi connectivity index (χ4n) is 2.07. The second-order valence-electron chi connectivity index (χ2n) is 5.14. The van der Waals surface area contributed by atoms with E-state index in [0.29, 0.717) is 18.2 Å². The average Bonchev–Trinajstić information content (AvgIpc) is 2.67. The smallest absolute Gasteiger partial charge is 0.127 e. The van der Waals surface area contributed by atoms with Gasteiger partial charge in [0.25, 0.3) is 0 Å². The lowest BCUT2D eigenvalue weighted by molar-refractivity contribution is 0.553. The van der Waals surface area contributed by atoms with Crippen molar-refractivity contribution in [1.82, 2.24) is 15.1 Å². The largest absolute Gasteiger partial charge is 0.310 e. The molecule has 0 bridgehead atoms. The van der Waals surface area contributed by atoms with Gasteiger partial charge < -0.3 is 5.32 Å². The highest BCUT2D eigenvalue weighted by molar-refractivity contribution is 5.65. The lowest BCUT2D eigenvalue weighted by Gasteiger charge is -2.10. The molecule has 19 heavy (non-hydrogen) atoms. The Kier molecular flexibility index (Phi) is 4.00. The van der Waals surface area contributed by atoms with Gasteiger partial charge in [0.05, 0.1) is 5.69 Å². The molecule has 0 amide bonds. The first-order chi connectivity index (χ1) is 8.97. The number of aromatic nitrogens is 2. The summed E-state index contributed by atoms with van der Waals surface area (Å²) in [5, 5.41) is 7.56. The highest BCUT2D eigenvalue weighted by Gasteiger charge is 2.09. The molecule has 0 saturated heterocycles. The molecule has 0 aliphatic rings. The summed E-state index contributed by atoms with van der Waals surface area (Å²) in [6, 6.07) is 5.56. The maximum Gasteiger partial charge on any atom is 0.127 e. The van der Waals surface area contributed by atoms with Crippen LogP contribution in [0.4, 0.5) is 4.39 Å². The third-order valence-corrected chi connectivity index (χ3v) is 3.07. The topological polar surface area (TPSA) is 29.9 Å². The molecule has 0 spiro atoms. The first-order valence-corrected chi connectivity index (χ1v) is 6.50. The standard InChI is InChI=1S/C15H20FN3/c1-10(2)17-8-13-7-12(5-6-15(13)16)14-9-19(4)18-11(14)3/h5-7,9-10,17H,8H2,1-4H3. The summed E-state index contributed by atoms with van der Waals surface area (Å²) in [7, 11) is 1.89. The van der Waals surface area contributed by atoms with Gasteiger partial charge in [0.1, 0.15) is 5.82 Å². The van der Waals surface area contributed by atoms with Crippen LogP contribution in [0.15, 0.2) is 24.4 Å². The Balaban J connectivity index is 2.32. The van der Waals surface area contributed by atoms with Crippen molar-refractivity contribution >= 4 is 0 Å². The molecule has 1 heterocycles. The van der Waals surface area contributed by atoms with Crippen molar-refractivity contribution in [3.05, 3.63) is 41.5 Å². The number of hydrogen-bond donors (Lipinski definition) is 1. The number of rotatable bonds is 4. The van der Waals surface area contributed by atoms with Crippen LogP contribution < -0.4 is 5.32 Å². The Bertz CT molecular complexity index is 573. The Morgan fingerprint density at radius 3 is 2.68 bits per heavy atom. The molecule has 0 fully saturated rings. The van der Waals surface area contributed by atoms with Crippen LogP contribution in [-0.4, -0.2) is 15.8 Å². The van der Waals surface area contributed by atoms with Crippen molar-refractivity contribution in [2.24, 2.45) is 7.05 Å². The van der Waals surface area contributed by atoms with Crippen LogP contribution >= 0.6 is 0 Å². The molecule has 0 atom stereocenters. The molecule has 2 rings (SSSR count). The third-order valence-electron chi connectivity index (χ3n) is 3.07. The Hall–Kier alpha value is -1.68. The highest BCUT2D eigenvalue weighted by Crippen LogP contribution is 2.24. The number of nitrogens with zero attached hydrogens (tertiary/aromatic N) is 2. The summed E-state index contributed by atoms with van der Waals surface area (Å²) in [6.45, 7) is 6.60. The highest BCUT2D eigenvalue weighted by atomic mass is 19.1. The maximum atomic E-state index is 13.8. The average molecular weight is 261 g/mol. The second-order valence-corrected chi connectivity index (χ2v) is 5.14. The lowest BCUT2D eigenvalue weighted by atomic mass is 10.0. The zero-order chi connectivity index (χ0) is 14.0. The Labute approximate surface area is 113 Å². The van der Waals surface area contributed by atoms with Crippen molar-refractivity contribution in [2.45, 2.75) is 33.4 Å². The van der Waals surface area contributed by atoms with E-state index in [1.165, 1.54) is 6.07 Å². The molecule has 0 unspecified atom stereocenters. The zero-order valence-electron chi connectivity index (χ0n) is 11.9. The van der Waals surface area contributed by atoms with E-state index in [1.807, 2.05) is 40.1 Å². The molecule has 2 aromatic rings. The number of aryl methyl sites for hydroxylation is 2. The molecule has 1 aromatic heterocycles. The van der Waals surface area contributed by atoms with Crippen molar-refractivity contribution < 1.29 is 4.39 Å². The summed E-state index contributed by atoms with van der Waals surface area (Å²) in [5.41, 5.74) is 3.70. The molecular formula is C15H20FN3. The summed E-state index contributed by atoms with van der Waals surface area (Å²) < 4.78 is 15.6. The predicted octanol–water partition coefficient (Wildman–Crippen LogP) is 3.03. The van der Waals surface area contributed by atoms with E-state index in [2.05, 4.69) is 10.4 Å². The fourth-order valence-corrected chi connectivity index (χ4v) is 2.07. The summed E-state index contributed by atoms with van der Waals surface area (Å²) in [6.07, 6.45) is 1.96. The van der Waals surface area contributed by atoms with Crippen molar-refractivity contribution in [3.8, 4) is 11.1 Å². The van der Waals surface area contributed by atoms with Gasteiger partial charge in [0, 0.05) is 37.0 Å². The van der Waals surface area contributed by atoms with Crippen LogP contribution in [0.2, 0.25) is 0 Å². The van der Waals surface area contributed by atoms with Crippen LogP contribution in [0.3, 0.4) is 0 Å². The lowest BCUT2D eigenvalue weighted by Crippen LogP contribution is -2.22. The molecule has 102 valence electrons. The van der Waals surface area contributed by atoms with E-state index < -0.39 is 0 Å². The molecule has 0 aliphatic heterocycles. The molecule has 1 aromatic carbocycles. The van der Waals surface area contributed by atoms with Crippen molar-refractivity contribution in [3.63, 3.8) is 0 Å². The van der Waals surface area contributed by atoms with Crippen molar-refractivity contribution in [2.75, 3.05) is 0 Å². The van der Waals surface area contributed by atoms with Gasteiger partial charge >= 0.3 is 0 Å². The van der Waals surface area contributed by atoms with E-state index in [-0.39, 0.29) is 5.82 Å². The number of benzene rings is 1. The van der Waals surface area contributed by atoms with E-state index >= 15 is 0 Å². The third kappa shape index (κ3) is 3.20. The van der Waals surface area contributed by atoms with Gasteiger partial charge in [-0.1, -0.05) is 19.9 Å². The van der Waals surface area contributed by atoms with Gasteiger partial charge in [-0.25, -0.2) is 4.39 Å².